The summed E-state index contributed by atoms with van der Waals surface area (Å²) in [7, 11) is 0. The van der Waals surface area contributed by atoms with Gasteiger partial charge in [0.05, 0.1) is 23.5 Å². The maximum absolute atomic E-state index is 12.5. The van der Waals surface area contributed by atoms with Gasteiger partial charge in [0.15, 0.2) is 5.17 Å². The number of amidine groups is 1. The molecule has 1 saturated heterocycles. The second-order valence-electron chi connectivity index (χ2n) is 7.80. The lowest BCUT2D eigenvalue weighted by Gasteiger charge is -2.36. The van der Waals surface area contributed by atoms with E-state index in [1.54, 1.807) is 0 Å². The van der Waals surface area contributed by atoms with Crippen LogP contribution in [0.2, 0.25) is 0 Å². The molecule has 0 saturated carbocycles. The van der Waals surface area contributed by atoms with Crippen molar-refractivity contribution in [3.8, 4) is 0 Å². The lowest BCUT2D eigenvalue weighted by Crippen LogP contribution is -2.54. The molecule has 0 radical (unpaired) electrons. The molecule has 5 rings (SSSR count). The Hall–Kier alpha value is -2.49. The molecule has 0 aromatic heterocycles. The number of hydrazone groups is 1. The van der Waals surface area contributed by atoms with Crippen molar-refractivity contribution in [3.05, 3.63) is 76.5 Å². The fourth-order valence-electron chi connectivity index (χ4n) is 4.09. The fraction of sp³-hybridized carbons (Fsp3) is 0.273. The first-order chi connectivity index (χ1) is 15.1. The topological polar surface area (TPSA) is 72.0 Å². The highest BCUT2D eigenvalue weighted by Crippen LogP contribution is 2.35. The van der Waals surface area contributed by atoms with Crippen molar-refractivity contribution in [2.75, 3.05) is 11.1 Å². The number of fused-ring (bicyclic) bond motifs is 3. The predicted octanol–water partition coefficient (Wildman–Crippen LogP) is 3.74. The van der Waals surface area contributed by atoms with Crippen molar-refractivity contribution in [3.63, 3.8) is 0 Å². The molecule has 7 nitrogen and oxygen atoms in total. The van der Waals surface area contributed by atoms with Crippen molar-refractivity contribution >= 4 is 44.5 Å². The maximum atomic E-state index is 12.5. The van der Waals surface area contributed by atoms with Gasteiger partial charge in [0, 0.05) is 16.9 Å². The summed E-state index contributed by atoms with van der Waals surface area (Å²) >= 11 is 4.94. The monoisotopic (exact) mass is 498 g/mol. The number of benzene rings is 2. The third-order valence-corrected chi connectivity index (χ3v) is 7.26. The van der Waals surface area contributed by atoms with E-state index in [4.69, 9.17) is 0 Å². The summed E-state index contributed by atoms with van der Waals surface area (Å²) in [4.78, 5) is 14.6. The molecule has 0 spiro atoms. The number of hydrogen-bond donors (Lipinski definition) is 3. The van der Waals surface area contributed by atoms with Crippen molar-refractivity contribution in [1.29, 1.82) is 0 Å². The third kappa shape index (κ3) is 4.17. The van der Waals surface area contributed by atoms with Gasteiger partial charge in [-0.2, -0.15) is 5.10 Å². The molecule has 1 fully saturated rings. The molecule has 3 aliphatic heterocycles. The molecule has 3 heterocycles. The number of amides is 1. The van der Waals surface area contributed by atoms with E-state index in [0.717, 1.165) is 27.3 Å². The minimum Gasteiger partial charge on any atom is -0.324 e. The third-order valence-electron chi connectivity index (χ3n) is 5.64. The SMILES string of the molecule is Cc1ccc(NC(=O)CSC2=NNC3C4CC(c5ccccc5)NN4C=CN23)c(Br)c1. The number of thioether (sulfide) groups is 1. The lowest BCUT2D eigenvalue weighted by atomic mass is 10.00. The van der Waals surface area contributed by atoms with Crippen LogP contribution in [0, 0.1) is 6.92 Å². The van der Waals surface area contributed by atoms with Gasteiger partial charge in [-0.1, -0.05) is 48.2 Å². The molecule has 2 aromatic rings. The van der Waals surface area contributed by atoms with Crippen LogP contribution in [-0.2, 0) is 4.79 Å². The van der Waals surface area contributed by atoms with Crippen LogP contribution in [0.4, 0.5) is 5.69 Å². The highest BCUT2D eigenvalue weighted by atomic mass is 79.9. The van der Waals surface area contributed by atoms with Gasteiger partial charge in [-0.05, 0) is 52.5 Å². The van der Waals surface area contributed by atoms with Crippen LogP contribution in [0.3, 0.4) is 0 Å². The highest BCUT2D eigenvalue weighted by Gasteiger charge is 2.44. The van der Waals surface area contributed by atoms with Crippen molar-refractivity contribution in [2.45, 2.75) is 31.6 Å². The Kier molecular flexibility index (Phi) is 5.64. The Balaban J connectivity index is 1.18. The van der Waals surface area contributed by atoms with Crippen molar-refractivity contribution < 1.29 is 4.79 Å². The van der Waals surface area contributed by atoms with E-state index in [-0.39, 0.29) is 29.9 Å². The van der Waals surface area contributed by atoms with Crippen molar-refractivity contribution in [1.82, 2.24) is 20.8 Å². The average molecular weight is 499 g/mol. The number of carbonyl (C=O) groups is 1. The normalized spacial score (nSPS) is 23.8. The van der Waals surface area contributed by atoms with Gasteiger partial charge in [0.1, 0.15) is 6.17 Å². The summed E-state index contributed by atoms with van der Waals surface area (Å²) in [6.07, 6.45) is 5.08. The first-order valence-corrected chi connectivity index (χ1v) is 11.9. The number of nitrogens with zero attached hydrogens (tertiary/aromatic N) is 3. The van der Waals surface area contributed by atoms with Crippen LogP contribution in [0.1, 0.15) is 23.6 Å². The van der Waals surface area contributed by atoms with Crippen LogP contribution < -0.4 is 16.2 Å². The van der Waals surface area contributed by atoms with E-state index in [1.165, 1.54) is 17.3 Å². The molecule has 0 bridgehead atoms. The zero-order valence-corrected chi connectivity index (χ0v) is 19.4. The zero-order valence-electron chi connectivity index (χ0n) is 17.0. The van der Waals surface area contributed by atoms with E-state index in [1.807, 2.05) is 37.4 Å². The van der Waals surface area contributed by atoms with Gasteiger partial charge in [0.25, 0.3) is 0 Å². The number of anilines is 1. The Morgan fingerprint density at radius 3 is 2.90 bits per heavy atom. The van der Waals surface area contributed by atoms with Gasteiger partial charge in [-0.25, -0.2) is 5.43 Å². The standard InChI is InChI=1S/C22H23BrN6OS/c1-14-7-8-17(16(23)11-14)24-20(30)13-31-22-26-25-21-19-12-18(15-5-3-2-4-6-15)27-29(19)10-9-28(21)22/h2-11,18-19,21,25,27H,12-13H2,1H3,(H,24,30). The Labute approximate surface area is 194 Å². The van der Waals surface area contributed by atoms with Crippen LogP contribution in [0.5, 0.6) is 0 Å². The van der Waals surface area contributed by atoms with E-state index in [0.29, 0.717) is 0 Å². The minimum atomic E-state index is -0.0602. The van der Waals surface area contributed by atoms with E-state index in [9.17, 15) is 4.79 Å². The smallest absolute Gasteiger partial charge is 0.234 e. The number of nitrogens with one attached hydrogen (secondary N) is 3. The van der Waals surface area contributed by atoms with E-state index >= 15 is 0 Å². The maximum Gasteiger partial charge on any atom is 0.234 e. The molecule has 3 aliphatic rings. The van der Waals surface area contributed by atoms with Gasteiger partial charge < -0.3 is 15.2 Å². The number of halogens is 1. The zero-order chi connectivity index (χ0) is 21.4. The average Bonchev–Trinajstić information content (AvgIpc) is 3.39. The summed E-state index contributed by atoms with van der Waals surface area (Å²) in [5.74, 6) is 0.229. The lowest BCUT2D eigenvalue weighted by molar-refractivity contribution is -0.113. The molecular formula is C22H23BrN6OS. The fourth-order valence-corrected chi connectivity index (χ4v) is 5.46. The molecule has 9 heteroatoms. The number of carbonyl (C=O) groups excluding carboxylic acids is 1. The summed E-state index contributed by atoms with van der Waals surface area (Å²) in [5.41, 5.74) is 10.0. The van der Waals surface area contributed by atoms with Crippen LogP contribution >= 0.6 is 27.7 Å². The van der Waals surface area contributed by atoms with Crippen molar-refractivity contribution in [2.24, 2.45) is 5.10 Å². The van der Waals surface area contributed by atoms with E-state index in [2.05, 4.69) is 77.6 Å². The highest BCUT2D eigenvalue weighted by molar-refractivity contribution is 9.10. The minimum absolute atomic E-state index is 0.0445. The van der Waals surface area contributed by atoms with Gasteiger partial charge >= 0.3 is 0 Å². The Bertz CT molecular complexity index is 1050. The van der Waals surface area contributed by atoms with E-state index < -0.39 is 0 Å². The number of aryl methyl sites for hydroxylation is 1. The summed E-state index contributed by atoms with van der Waals surface area (Å²) in [6, 6.07) is 16.9. The van der Waals surface area contributed by atoms with Crippen LogP contribution in [-0.4, -0.2) is 38.9 Å². The van der Waals surface area contributed by atoms with Gasteiger partial charge in [0.2, 0.25) is 5.91 Å². The van der Waals surface area contributed by atoms with Gasteiger partial charge in [-0.3, -0.25) is 10.2 Å². The summed E-state index contributed by atoms with van der Waals surface area (Å²) in [6.45, 7) is 2.02. The largest absolute Gasteiger partial charge is 0.324 e. The van der Waals surface area contributed by atoms with Crippen LogP contribution in [0.25, 0.3) is 0 Å². The molecule has 3 unspecified atom stereocenters. The molecule has 3 N–H and O–H groups in total. The summed E-state index contributed by atoms with van der Waals surface area (Å²) in [5, 5.41) is 10.4. The second-order valence-corrected chi connectivity index (χ2v) is 9.59. The number of hydrazine groups is 1. The molecule has 1 amide bonds. The number of rotatable bonds is 4. The molecule has 2 aromatic carbocycles. The first-order valence-electron chi connectivity index (χ1n) is 10.2. The molecular weight excluding hydrogens is 476 g/mol. The second kappa shape index (κ2) is 8.57. The molecule has 0 aliphatic carbocycles. The number of hydrogen-bond acceptors (Lipinski definition) is 7. The molecule has 160 valence electrons. The Morgan fingerprint density at radius 2 is 2.10 bits per heavy atom. The van der Waals surface area contributed by atoms with Crippen LogP contribution in [0.15, 0.2) is 70.5 Å². The quantitative estimate of drug-likeness (QED) is 0.596. The molecule has 3 atom stereocenters. The summed E-state index contributed by atoms with van der Waals surface area (Å²) < 4.78 is 0.881. The first kappa shape index (κ1) is 20.4. The Morgan fingerprint density at radius 1 is 1.26 bits per heavy atom. The molecule has 31 heavy (non-hydrogen) atoms. The predicted molar refractivity (Wildman–Crippen MR) is 128 cm³/mol. The van der Waals surface area contributed by atoms with Gasteiger partial charge in [-0.15, -0.1) is 0 Å².